The Labute approximate surface area is 279 Å². The number of carbonyl (C=O) groups is 2. The third-order valence-corrected chi connectivity index (χ3v) is 8.65. The number of rotatable bonds is 12. The van der Waals surface area contributed by atoms with E-state index in [9.17, 15) is 19.5 Å². The minimum absolute atomic E-state index is 0.130. The molecule has 10 nitrogen and oxygen atoms in total. The third kappa shape index (κ3) is 7.11. The number of nitrogens with zero attached hydrogens (tertiary/aromatic N) is 2. The van der Waals surface area contributed by atoms with Gasteiger partial charge in [0.15, 0.2) is 16.3 Å². The highest BCUT2D eigenvalue weighted by molar-refractivity contribution is 7.07. The number of ether oxygens (including phenoxy) is 4. The molecule has 0 saturated heterocycles. The van der Waals surface area contributed by atoms with E-state index in [4.69, 9.17) is 35.5 Å². The Balaban J connectivity index is 1.59. The van der Waals surface area contributed by atoms with Crippen LogP contribution in [0.25, 0.3) is 6.08 Å². The van der Waals surface area contributed by atoms with Crippen molar-refractivity contribution in [2.75, 3.05) is 20.8 Å². The summed E-state index contributed by atoms with van der Waals surface area (Å²) in [7, 11) is 3.03. The Bertz CT molecular complexity index is 2050. The first-order valence-corrected chi connectivity index (χ1v) is 16.1. The van der Waals surface area contributed by atoms with Gasteiger partial charge in [-0.05, 0) is 73.0 Å². The fraction of sp³-hybridized carbons (Fsp3) is 0.257. The topological polar surface area (TPSA) is 126 Å². The first-order chi connectivity index (χ1) is 22.7. The quantitative estimate of drug-likeness (QED) is 0.194. The van der Waals surface area contributed by atoms with Gasteiger partial charge in [0.2, 0.25) is 0 Å². The SMILES string of the molecule is CCCC1=C(C(=O)OCC)[C@H](c2cc(Cl)ccc2OC)n2c(s/c(=C/c3ccc(OCc4cccc(C(=O)O)c4)c(OC)c3)c2=O)=N1. The molecular formula is C35H33ClN2O8S. The molecule has 12 heteroatoms. The van der Waals surface area contributed by atoms with Crippen molar-refractivity contribution < 1.29 is 33.6 Å². The molecule has 1 atom stereocenters. The summed E-state index contributed by atoms with van der Waals surface area (Å²) in [6, 6.07) is 15.9. The molecule has 0 bridgehead atoms. The molecule has 0 unspecified atom stereocenters. The van der Waals surface area contributed by atoms with Gasteiger partial charge in [-0.3, -0.25) is 9.36 Å². The van der Waals surface area contributed by atoms with Crippen molar-refractivity contribution >= 4 is 41.0 Å². The predicted octanol–water partition coefficient (Wildman–Crippen LogP) is 5.53. The molecule has 0 saturated carbocycles. The van der Waals surface area contributed by atoms with Crippen LogP contribution in [0.1, 0.15) is 59.8 Å². The Morgan fingerprint density at radius 1 is 1.02 bits per heavy atom. The Kier molecular flexibility index (Phi) is 10.5. The number of carboxylic acids is 1. The number of esters is 1. The third-order valence-electron chi connectivity index (χ3n) is 7.43. The molecule has 1 aliphatic rings. The van der Waals surface area contributed by atoms with E-state index in [1.54, 1.807) is 67.6 Å². The smallest absolute Gasteiger partial charge is 0.338 e. The van der Waals surface area contributed by atoms with Gasteiger partial charge in [0, 0.05) is 10.6 Å². The molecule has 0 aliphatic carbocycles. The molecule has 2 heterocycles. The summed E-state index contributed by atoms with van der Waals surface area (Å²) in [5, 5.41) is 9.70. The molecule has 5 rings (SSSR count). The highest BCUT2D eigenvalue weighted by Gasteiger charge is 2.36. The van der Waals surface area contributed by atoms with E-state index < -0.39 is 18.0 Å². The molecule has 0 radical (unpaired) electrons. The molecule has 1 aliphatic heterocycles. The van der Waals surface area contributed by atoms with Crippen molar-refractivity contribution in [1.82, 2.24) is 4.57 Å². The van der Waals surface area contributed by atoms with E-state index in [2.05, 4.69) is 0 Å². The van der Waals surface area contributed by atoms with E-state index in [1.807, 2.05) is 6.92 Å². The van der Waals surface area contributed by atoms with E-state index in [0.717, 1.165) is 6.42 Å². The lowest BCUT2D eigenvalue weighted by Gasteiger charge is -2.27. The highest BCUT2D eigenvalue weighted by Crippen LogP contribution is 2.38. The monoisotopic (exact) mass is 676 g/mol. The second-order valence-electron chi connectivity index (χ2n) is 10.5. The molecule has 4 aromatic rings. The van der Waals surface area contributed by atoms with Gasteiger partial charge in [-0.25, -0.2) is 14.6 Å². The molecule has 0 spiro atoms. The lowest BCUT2D eigenvalue weighted by Crippen LogP contribution is -2.40. The van der Waals surface area contributed by atoms with Crippen molar-refractivity contribution in [3.8, 4) is 17.2 Å². The zero-order chi connectivity index (χ0) is 33.7. The number of methoxy groups -OCH3 is 2. The Morgan fingerprint density at radius 2 is 1.79 bits per heavy atom. The molecule has 1 aromatic heterocycles. The summed E-state index contributed by atoms with van der Waals surface area (Å²) >= 11 is 7.64. The fourth-order valence-corrected chi connectivity index (χ4v) is 6.53. The van der Waals surface area contributed by atoms with Crippen LogP contribution in [-0.4, -0.2) is 42.4 Å². The lowest BCUT2D eigenvalue weighted by atomic mass is 9.93. The van der Waals surface area contributed by atoms with E-state index >= 15 is 0 Å². The Hall–Kier alpha value is -4.87. The predicted molar refractivity (Wildman–Crippen MR) is 178 cm³/mol. The van der Waals surface area contributed by atoms with Crippen LogP contribution in [0.2, 0.25) is 5.02 Å². The second-order valence-corrected chi connectivity index (χ2v) is 11.9. The van der Waals surface area contributed by atoms with Crippen molar-refractivity contribution in [2.45, 2.75) is 39.3 Å². The van der Waals surface area contributed by atoms with E-state index in [0.29, 0.717) is 60.4 Å². The number of aromatic nitrogens is 1. The summed E-state index contributed by atoms with van der Waals surface area (Å²) in [6.45, 7) is 4.00. The number of fused-ring (bicyclic) bond motifs is 1. The molecular weight excluding hydrogens is 644 g/mol. The number of allylic oxidation sites excluding steroid dienone is 1. The zero-order valence-corrected chi connectivity index (χ0v) is 27.8. The molecule has 47 heavy (non-hydrogen) atoms. The summed E-state index contributed by atoms with van der Waals surface area (Å²) in [6.07, 6.45) is 2.94. The number of halogens is 1. The van der Waals surface area contributed by atoms with Crippen LogP contribution in [0.5, 0.6) is 17.2 Å². The highest BCUT2D eigenvalue weighted by atomic mass is 35.5. The van der Waals surface area contributed by atoms with Crippen molar-refractivity contribution in [1.29, 1.82) is 0 Å². The molecule has 3 aromatic carbocycles. The van der Waals surface area contributed by atoms with Gasteiger partial charge >= 0.3 is 11.9 Å². The maximum atomic E-state index is 14.2. The maximum Gasteiger partial charge on any atom is 0.338 e. The van der Waals surface area contributed by atoms with Gasteiger partial charge < -0.3 is 24.1 Å². The molecule has 0 fully saturated rings. The summed E-state index contributed by atoms with van der Waals surface area (Å²) in [4.78, 5) is 44.2. The van der Waals surface area contributed by atoms with Crippen LogP contribution in [0.15, 0.2) is 81.7 Å². The number of hydrogen-bond donors (Lipinski definition) is 1. The lowest BCUT2D eigenvalue weighted by molar-refractivity contribution is -0.139. The standard InChI is InChI=1S/C35H33ClN2O8S/c1-5-8-25-30(34(42)45-6-2)31(24-18-23(36)12-14-26(24)43-3)38-32(39)29(47-35(38)37-25)17-20-11-13-27(28(16-20)44-4)46-19-21-9-7-10-22(15-21)33(40)41/h7,9-18,31H,5-6,8,19H2,1-4H3,(H,40,41)/b29-17+/t31-/m0/s1. The van der Waals surface area contributed by atoms with Crippen LogP contribution < -0.4 is 29.1 Å². The number of carbonyl (C=O) groups excluding carboxylic acids is 1. The van der Waals surface area contributed by atoms with Crippen LogP contribution in [0.3, 0.4) is 0 Å². The average Bonchev–Trinajstić information content (AvgIpc) is 3.37. The normalized spacial score (nSPS) is 14.3. The van der Waals surface area contributed by atoms with Gasteiger partial charge in [-0.2, -0.15) is 0 Å². The zero-order valence-electron chi connectivity index (χ0n) is 26.2. The van der Waals surface area contributed by atoms with Crippen molar-refractivity contribution in [2.24, 2.45) is 4.99 Å². The van der Waals surface area contributed by atoms with Crippen LogP contribution in [0, 0.1) is 0 Å². The number of thiazole rings is 1. The van der Waals surface area contributed by atoms with Crippen molar-refractivity contribution in [3.05, 3.63) is 119 Å². The van der Waals surface area contributed by atoms with Gasteiger partial charge in [-0.15, -0.1) is 0 Å². The number of hydrogen-bond acceptors (Lipinski definition) is 9. The first kappa shape index (κ1) is 33.5. The second kappa shape index (κ2) is 14.7. The van der Waals surface area contributed by atoms with Gasteiger partial charge in [0.05, 0.1) is 42.2 Å². The number of aromatic carboxylic acids is 1. The number of benzene rings is 3. The van der Waals surface area contributed by atoms with Crippen LogP contribution in [-0.2, 0) is 16.1 Å². The van der Waals surface area contributed by atoms with Crippen LogP contribution >= 0.6 is 22.9 Å². The van der Waals surface area contributed by atoms with Gasteiger partial charge in [-0.1, -0.05) is 54.5 Å². The average molecular weight is 677 g/mol. The van der Waals surface area contributed by atoms with Gasteiger partial charge in [0.25, 0.3) is 5.56 Å². The first-order valence-electron chi connectivity index (χ1n) is 14.9. The van der Waals surface area contributed by atoms with Crippen molar-refractivity contribution in [3.63, 3.8) is 0 Å². The summed E-state index contributed by atoms with van der Waals surface area (Å²) in [5.74, 6) is -0.240. The number of carboxylic acid groups (broad SMARTS) is 1. The van der Waals surface area contributed by atoms with E-state index in [1.165, 1.54) is 36.2 Å². The Morgan fingerprint density at radius 3 is 2.49 bits per heavy atom. The molecule has 0 amide bonds. The fourth-order valence-electron chi connectivity index (χ4n) is 5.33. The summed E-state index contributed by atoms with van der Waals surface area (Å²) < 4.78 is 24.5. The summed E-state index contributed by atoms with van der Waals surface area (Å²) in [5.41, 5.74) is 2.53. The maximum absolute atomic E-state index is 14.2. The minimum atomic E-state index is -1.02. The van der Waals surface area contributed by atoms with Crippen LogP contribution in [0.4, 0.5) is 0 Å². The van der Waals surface area contributed by atoms with E-state index in [-0.39, 0.29) is 29.9 Å². The largest absolute Gasteiger partial charge is 0.496 e. The molecule has 244 valence electrons. The minimum Gasteiger partial charge on any atom is -0.496 e. The van der Waals surface area contributed by atoms with Gasteiger partial charge in [0.1, 0.15) is 18.4 Å². The molecule has 1 N–H and O–H groups in total.